The highest BCUT2D eigenvalue weighted by atomic mass is 35.5. The van der Waals surface area contributed by atoms with Crippen molar-refractivity contribution in [2.75, 3.05) is 12.4 Å². The molecule has 1 N–H and O–H groups in total. The Hall–Kier alpha value is -1.67. The van der Waals surface area contributed by atoms with Gasteiger partial charge in [0.05, 0.1) is 0 Å². The number of nitrogens with one attached hydrogen (secondary N) is 1. The molecule has 88 valence electrons. The van der Waals surface area contributed by atoms with Gasteiger partial charge in [0, 0.05) is 17.8 Å². The molecule has 17 heavy (non-hydrogen) atoms. The zero-order valence-corrected chi connectivity index (χ0v) is 10.6. The Morgan fingerprint density at radius 1 is 1.06 bits per heavy atom. The highest BCUT2D eigenvalue weighted by molar-refractivity contribution is 6.30. The fourth-order valence-electron chi connectivity index (χ4n) is 1.65. The molecule has 0 unspecified atom stereocenters. The lowest BCUT2D eigenvalue weighted by Crippen LogP contribution is -1.92. The first kappa shape index (κ1) is 11.8. The largest absolute Gasteiger partial charge is 0.457 e. The molecule has 0 amide bonds. The van der Waals surface area contributed by atoms with E-state index < -0.39 is 0 Å². The second kappa shape index (κ2) is 5.11. The number of ether oxygens (including phenoxy) is 1. The molecule has 0 atom stereocenters. The Morgan fingerprint density at radius 3 is 2.47 bits per heavy atom. The number of hydrogen-bond acceptors (Lipinski definition) is 2. The van der Waals surface area contributed by atoms with Gasteiger partial charge in [-0.25, -0.2) is 0 Å². The number of aryl methyl sites for hydroxylation is 1. The number of hydrogen-bond donors (Lipinski definition) is 1. The summed E-state index contributed by atoms with van der Waals surface area (Å²) < 4.78 is 5.73. The van der Waals surface area contributed by atoms with E-state index in [1.807, 2.05) is 50.4 Å². The van der Waals surface area contributed by atoms with E-state index in [0.717, 1.165) is 22.7 Å². The average Bonchev–Trinajstić information content (AvgIpc) is 2.29. The van der Waals surface area contributed by atoms with Gasteiger partial charge in [0.15, 0.2) is 0 Å². The van der Waals surface area contributed by atoms with E-state index in [4.69, 9.17) is 16.3 Å². The second-order valence-electron chi connectivity index (χ2n) is 3.79. The van der Waals surface area contributed by atoms with Gasteiger partial charge in [0.25, 0.3) is 0 Å². The van der Waals surface area contributed by atoms with Gasteiger partial charge in [-0.3, -0.25) is 0 Å². The smallest absolute Gasteiger partial charge is 0.128 e. The quantitative estimate of drug-likeness (QED) is 0.863. The highest BCUT2D eigenvalue weighted by Gasteiger charge is 2.01. The van der Waals surface area contributed by atoms with Crippen LogP contribution in [0.5, 0.6) is 11.5 Å². The molecule has 0 radical (unpaired) electrons. The lowest BCUT2D eigenvalue weighted by molar-refractivity contribution is 0.482. The van der Waals surface area contributed by atoms with E-state index in [1.165, 1.54) is 0 Å². The molecule has 0 aliphatic carbocycles. The van der Waals surface area contributed by atoms with E-state index in [-0.39, 0.29) is 0 Å². The molecule has 0 spiro atoms. The van der Waals surface area contributed by atoms with Crippen LogP contribution in [0.15, 0.2) is 42.5 Å². The summed E-state index contributed by atoms with van der Waals surface area (Å²) in [4.78, 5) is 0. The molecule has 0 aliphatic rings. The zero-order valence-electron chi connectivity index (χ0n) is 9.83. The summed E-state index contributed by atoms with van der Waals surface area (Å²) >= 11 is 5.90. The fourth-order valence-corrected chi connectivity index (χ4v) is 1.83. The van der Waals surface area contributed by atoms with Gasteiger partial charge in [0.2, 0.25) is 0 Å². The zero-order chi connectivity index (χ0) is 12.3. The minimum atomic E-state index is 0.672. The molecule has 2 nitrogen and oxygen atoms in total. The van der Waals surface area contributed by atoms with Gasteiger partial charge in [-0.05, 0) is 48.9 Å². The van der Waals surface area contributed by atoms with Crippen LogP contribution in [-0.2, 0) is 0 Å². The monoisotopic (exact) mass is 247 g/mol. The molecule has 0 saturated heterocycles. The summed E-state index contributed by atoms with van der Waals surface area (Å²) in [5.41, 5.74) is 2.25. The highest BCUT2D eigenvalue weighted by Crippen LogP contribution is 2.27. The standard InChI is InChI=1S/C14H14ClNO/c1-10-8-13(6-7-14(10)16-2)17-12-5-3-4-11(15)9-12/h3-9,16H,1-2H3. The minimum absolute atomic E-state index is 0.672. The summed E-state index contributed by atoms with van der Waals surface area (Å²) in [5, 5.41) is 3.79. The molecule has 0 heterocycles. The van der Waals surface area contributed by atoms with Crippen LogP contribution < -0.4 is 10.1 Å². The Kier molecular flexibility index (Phi) is 3.55. The lowest BCUT2D eigenvalue weighted by Gasteiger charge is -2.09. The third-order valence-electron chi connectivity index (χ3n) is 2.50. The molecule has 0 aliphatic heterocycles. The Bertz CT molecular complexity index is 525. The third kappa shape index (κ3) is 2.92. The van der Waals surface area contributed by atoms with Gasteiger partial charge in [0.1, 0.15) is 11.5 Å². The third-order valence-corrected chi connectivity index (χ3v) is 2.73. The van der Waals surface area contributed by atoms with Crippen molar-refractivity contribution >= 4 is 17.3 Å². The van der Waals surface area contributed by atoms with E-state index >= 15 is 0 Å². The van der Waals surface area contributed by atoms with Crippen LogP contribution in [0.25, 0.3) is 0 Å². The maximum Gasteiger partial charge on any atom is 0.128 e. The lowest BCUT2D eigenvalue weighted by atomic mass is 10.2. The first-order valence-electron chi connectivity index (χ1n) is 5.41. The molecular weight excluding hydrogens is 234 g/mol. The van der Waals surface area contributed by atoms with Gasteiger partial charge in [-0.1, -0.05) is 17.7 Å². The predicted octanol–water partition coefficient (Wildman–Crippen LogP) is 4.48. The molecule has 0 saturated carbocycles. The van der Waals surface area contributed by atoms with Crippen LogP contribution in [0.4, 0.5) is 5.69 Å². The normalized spacial score (nSPS) is 10.1. The summed E-state index contributed by atoms with van der Waals surface area (Å²) in [6.45, 7) is 2.04. The Balaban J connectivity index is 2.22. The van der Waals surface area contributed by atoms with Crippen LogP contribution in [0, 0.1) is 6.92 Å². The van der Waals surface area contributed by atoms with Crippen molar-refractivity contribution in [1.82, 2.24) is 0 Å². The molecular formula is C14H14ClNO. The van der Waals surface area contributed by atoms with Crippen molar-refractivity contribution in [3.05, 3.63) is 53.1 Å². The molecule has 0 fully saturated rings. The Morgan fingerprint density at radius 2 is 1.82 bits per heavy atom. The molecule has 3 heteroatoms. The number of halogens is 1. The first-order chi connectivity index (χ1) is 8.19. The van der Waals surface area contributed by atoms with Crippen molar-refractivity contribution in [1.29, 1.82) is 0 Å². The van der Waals surface area contributed by atoms with Crippen LogP contribution >= 0.6 is 11.6 Å². The van der Waals surface area contributed by atoms with Crippen molar-refractivity contribution < 1.29 is 4.74 Å². The van der Waals surface area contributed by atoms with E-state index in [0.29, 0.717) is 5.02 Å². The molecule has 0 aromatic heterocycles. The Labute approximate surface area is 106 Å². The molecule has 0 bridgehead atoms. The van der Waals surface area contributed by atoms with Gasteiger partial charge >= 0.3 is 0 Å². The number of benzene rings is 2. The predicted molar refractivity (Wildman–Crippen MR) is 72.3 cm³/mol. The fraction of sp³-hybridized carbons (Fsp3) is 0.143. The van der Waals surface area contributed by atoms with Crippen molar-refractivity contribution in [2.45, 2.75) is 6.92 Å². The van der Waals surface area contributed by atoms with Gasteiger partial charge < -0.3 is 10.1 Å². The first-order valence-corrected chi connectivity index (χ1v) is 5.78. The van der Waals surface area contributed by atoms with Crippen LogP contribution in [0.1, 0.15) is 5.56 Å². The van der Waals surface area contributed by atoms with Crippen molar-refractivity contribution in [3.8, 4) is 11.5 Å². The SMILES string of the molecule is CNc1ccc(Oc2cccc(Cl)c2)cc1C. The van der Waals surface area contributed by atoms with Crippen LogP contribution in [0.2, 0.25) is 5.02 Å². The molecule has 2 aromatic rings. The number of anilines is 1. The second-order valence-corrected chi connectivity index (χ2v) is 4.22. The van der Waals surface area contributed by atoms with Crippen molar-refractivity contribution in [2.24, 2.45) is 0 Å². The van der Waals surface area contributed by atoms with E-state index in [1.54, 1.807) is 6.07 Å². The maximum atomic E-state index is 5.90. The number of rotatable bonds is 3. The van der Waals surface area contributed by atoms with Crippen molar-refractivity contribution in [3.63, 3.8) is 0 Å². The van der Waals surface area contributed by atoms with E-state index in [2.05, 4.69) is 5.32 Å². The molecule has 2 aromatic carbocycles. The van der Waals surface area contributed by atoms with Crippen LogP contribution in [-0.4, -0.2) is 7.05 Å². The maximum absolute atomic E-state index is 5.90. The topological polar surface area (TPSA) is 21.3 Å². The summed E-state index contributed by atoms with van der Waals surface area (Å²) in [6, 6.07) is 13.3. The summed E-state index contributed by atoms with van der Waals surface area (Å²) in [6.07, 6.45) is 0. The van der Waals surface area contributed by atoms with E-state index in [9.17, 15) is 0 Å². The summed E-state index contributed by atoms with van der Waals surface area (Å²) in [5.74, 6) is 1.55. The minimum Gasteiger partial charge on any atom is -0.457 e. The molecule has 2 rings (SSSR count). The average molecular weight is 248 g/mol. The van der Waals surface area contributed by atoms with Gasteiger partial charge in [-0.15, -0.1) is 0 Å². The van der Waals surface area contributed by atoms with Gasteiger partial charge in [-0.2, -0.15) is 0 Å². The van der Waals surface area contributed by atoms with Crippen LogP contribution in [0.3, 0.4) is 0 Å². The summed E-state index contributed by atoms with van der Waals surface area (Å²) in [7, 11) is 1.90.